The van der Waals surface area contributed by atoms with Crippen LogP contribution in [0, 0.1) is 6.92 Å². The highest BCUT2D eigenvalue weighted by Gasteiger charge is 2.19. The van der Waals surface area contributed by atoms with Crippen LogP contribution in [0.2, 0.25) is 0 Å². The highest BCUT2D eigenvalue weighted by molar-refractivity contribution is 5.68. The van der Waals surface area contributed by atoms with E-state index in [4.69, 9.17) is 10.2 Å². The van der Waals surface area contributed by atoms with Gasteiger partial charge in [-0.05, 0) is 37.1 Å². The van der Waals surface area contributed by atoms with Gasteiger partial charge in [0.05, 0.1) is 12.0 Å². The van der Waals surface area contributed by atoms with Gasteiger partial charge in [-0.15, -0.1) is 0 Å². The number of nitrogens with two attached hydrogens (primary N) is 1. The van der Waals surface area contributed by atoms with Gasteiger partial charge in [0.1, 0.15) is 11.5 Å². The lowest BCUT2D eigenvalue weighted by atomic mass is 10.1. The molecular formula is C16H17N3O. The molecule has 0 amide bonds. The van der Waals surface area contributed by atoms with Gasteiger partial charge in [-0.2, -0.15) is 5.10 Å². The minimum Gasteiger partial charge on any atom is -0.462 e. The normalized spacial score (nSPS) is 10.9. The van der Waals surface area contributed by atoms with Gasteiger partial charge in [0.15, 0.2) is 5.76 Å². The van der Waals surface area contributed by atoms with Gasteiger partial charge in [0.2, 0.25) is 0 Å². The van der Waals surface area contributed by atoms with Crippen molar-refractivity contribution in [3.63, 3.8) is 0 Å². The molecule has 0 aliphatic heterocycles. The summed E-state index contributed by atoms with van der Waals surface area (Å²) in [5.74, 6) is 1.47. The predicted octanol–water partition coefficient (Wildman–Crippen LogP) is 3.59. The molecule has 2 heterocycles. The van der Waals surface area contributed by atoms with Crippen LogP contribution < -0.4 is 5.73 Å². The Kier molecular flexibility index (Phi) is 3.06. The van der Waals surface area contributed by atoms with Gasteiger partial charge in [0.25, 0.3) is 0 Å². The molecule has 0 unspecified atom stereocenters. The van der Waals surface area contributed by atoms with E-state index in [-0.39, 0.29) is 0 Å². The maximum absolute atomic E-state index is 6.26. The number of benzene rings is 1. The van der Waals surface area contributed by atoms with Crippen LogP contribution in [0.4, 0.5) is 5.82 Å². The van der Waals surface area contributed by atoms with Crippen molar-refractivity contribution >= 4 is 5.82 Å². The topological polar surface area (TPSA) is 57.0 Å². The summed E-state index contributed by atoms with van der Waals surface area (Å²) in [4.78, 5) is 0. The summed E-state index contributed by atoms with van der Waals surface area (Å²) in [6, 6.07) is 11.8. The Bertz CT molecular complexity index is 726. The molecule has 3 rings (SSSR count). The number of anilines is 1. The van der Waals surface area contributed by atoms with Crippen molar-refractivity contribution in [2.45, 2.75) is 20.3 Å². The fourth-order valence-corrected chi connectivity index (χ4v) is 2.38. The number of furan rings is 1. The Morgan fingerprint density at radius 1 is 1.20 bits per heavy atom. The van der Waals surface area contributed by atoms with E-state index in [1.807, 2.05) is 43.3 Å². The molecule has 20 heavy (non-hydrogen) atoms. The molecule has 0 spiro atoms. The fourth-order valence-electron chi connectivity index (χ4n) is 2.38. The van der Waals surface area contributed by atoms with Crippen molar-refractivity contribution in [2.24, 2.45) is 0 Å². The highest BCUT2D eigenvalue weighted by Crippen LogP contribution is 2.31. The lowest BCUT2D eigenvalue weighted by Gasteiger charge is -2.03. The summed E-state index contributed by atoms with van der Waals surface area (Å²) in [5.41, 5.74) is 10.1. The molecule has 0 aliphatic carbocycles. The molecule has 0 fully saturated rings. The van der Waals surface area contributed by atoms with E-state index in [1.165, 1.54) is 0 Å². The molecule has 4 heteroatoms. The van der Waals surface area contributed by atoms with Crippen LogP contribution in [-0.2, 0) is 6.42 Å². The first-order valence-corrected chi connectivity index (χ1v) is 6.69. The third-order valence-corrected chi connectivity index (χ3v) is 3.45. The largest absolute Gasteiger partial charge is 0.462 e. The number of rotatable bonds is 3. The van der Waals surface area contributed by atoms with Crippen molar-refractivity contribution in [1.82, 2.24) is 9.78 Å². The molecule has 2 N–H and O–H groups in total. The van der Waals surface area contributed by atoms with E-state index < -0.39 is 0 Å². The second-order valence-electron chi connectivity index (χ2n) is 4.75. The lowest BCUT2D eigenvalue weighted by Crippen LogP contribution is -2.02. The lowest BCUT2D eigenvalue weighted by molar-refractivity contribution is 0.577. The standard InChI is InChI=1S/C16H17N3O/c1-3-13-14(15-11(2)9-10-20-15)18-19(16(13)17)12-7-5-4-6-8-12/h4-10H,3,17H2,1-2H3. The first-order valence-electron chi connectivity index (χ1n) is 6.69. The van der Waals surface area contributed by atoms with E-state index in [9.17, 15) is 0 Å². The summed E-state index contributed by atoms with van der Waals surface area (Å²) in [6.45, 7) is 4.08. The molecule has 102 valence electrons. The maximum atomic E-state index is 6.26. The van der Waals surface area contributed by atoms with Gasteiger partial charge < -0.3 is 10.2 Å². The maximum Gasteiger partial charge on any atom is 0.157 e. The zero-order chi connectivity index (χ0) is 14.1. The van der Waals surface area contributed by atoms with Gasteiger partial charge in [-0.3, -0.25) is 0 Å². The third kappa shape index (κ3) is 1.90. The van der Waals surface area contributed by atoms with Crippen molar-refractivity contribution in [2.75, 3.05) is 5.73 Å². The summed E-state index contributed by atoms with van der Waals surface area (Å²) < 4.78 is 7.34. The molecule has 3 aromatic rings. The van der Waals surface area contributed by atoms with Crippen LogP contribution in [0.25, 0.3) is 17.1 Å². The first-order chi connectivity index (χ1) is 9.72. The molecular weight excluding hydrogens is 250 g/mol. The average molecular weight is 267 g/mol. The quantitative estimate of drug-likeness (QED) is 0.789. The van der Waals surface area contributed by atoms with E-state index in [0.717, 1.165) is 34.7 Å². The minimum absolute atomic E-state index is 0.671. The highest BCUT2D eigenvalue weighted by atomic mass is 16.3. The fraction of sp³-hybridized carbons (Fsp3) is 0.188. The first kappa shape index (κ1) is 12.5. The number of nitrogen functional groups attached to an aromatic ring is 1. The number of aromatic nitrogens is 2. The Morgan fingerprint density at radius 2 is 1.95 bits per heavy atom. The third-order valence-electron chi connectivity index (χ3n) is 3.45. The van der Waals surface area contributed by atoms with Crippen LogP contribution in [-0.4, -0.2) is 9.78 Å². The molecule has 0 atom stereocenters. The monoisotopic (exact) mass is 267 g/mol. The number of para-hydroxylation sites is 1. The summed E-state index contributed by atoms with van der Waals surface area (Å²) in [7, 11) is 0. The molecule has 0 saturated carbocycles. The van der Waals surface area contributed by atoms with Crippen LogP contribution in [0.1, 0.15) is 18.1 Å². The Balaban J connectivity index is 2.21. The second kappa shape index (κ2) is 4.89. The van der Waals surface area contributed by atoms with E-state index >= 15 is 0 Å². The van der Waals surface area contributed by atoms with Crippen LogP contribution >= 0.6 is 0 Å². The van der Waals surface area contributed by atoms with E-state index in [1.54, 1.807) is 10.9 Å². The Hall–Kier alpha value is -2.49. The summed E-state index contributed by atoms with van der Waals surface area (Å²) >= 11 is 0. The SMILES string of the molecule is CCc1c(-c2occc2C)nn(-c2ccccc2)c1N. The predicted molar refractivity (Wildman–Crippen MR) is 79.8 cm³/mol. The molecule has 0 radical (unpaired) electrons. The number of hydrogen-bond acceptors (Lipinski definition) is 3. The zero-order valence-corrected chi connectivity index (χ0v) is 11.6. The van der Waals surface area contributed by atoms with Crippen LogP contribution in [0.15, 0.2) is 47.1 Å². The van der Waals surface area contributed by atoms with E-state index in [2.05, 4.69) is 12.0 Å². The summed E-state index contributed by atoms with van der Waals surface area (Å²) in [5, 5.41) is 4.65. The molecule has 2 aromatic heterocycles. The average Bonchev–Trinajstić information content (AvgIpc) is 3.03. The van der Waals surface area contributed by atoms with Gasteiger partial charge in [0, 0.05) is 5.56 Å². The van der Waals surface area contributed by atoms with Crippen LogP contribution in [0.3, 0.4) is 0 Å². The second-order valence-corrected chi connectivity index (χ2v) is 4.75. The molecule has 0 bridgehead atoms. The molecule has 1 aromatic carbocycles. The van der Waals surface area contributed by atoms with Crippen molar-refractivity contribution in [3.05, 3.63) is 53.8 Å². The molecule has 0 aliphatic rings. The molecule has 4 nitrogen and oxygen atoms in total. The zero-order valence-electron chi connectivity index (χ0n) is 11.6. The Morgan fingerprint density at radius 3 is 2.55 bits per heavy atom. The number of aryl methyl sites for hydroxylation is 1. The van der Waals surface area contributed by atoms with E-state index in [0.29, 0.717) is 5.82 Å². The molecule has 0 saturated heterocycles. The van der Waals surface area contributed by atoms with Gasteiger partial charge in [-0.25, -0.2) is 4.68 Å². The number of hydrogen-bond donors (Lipinski definition) is 1. The van der Waals surface area contributed by atoms with Crippen molar-refractivity contribution < 1.29 is 4.42 Å². The minimum atomic E-state index is 0.671. The number of nitrogens with zero attached hydrogens (tertiary/aromatic N) is 2. The van der Waals surface area contributed by atoms with Crippen molar-refractivity contribution in [1.29, 1.82) is 0 Å². The smallest absolute Gasteiger partial charge is 0.157 e. The van der Waals surface area contributed by atoms with Crippen LogP contribution in [0.5, 0.6) is 0 Å². The van der Waals surface area contributed by atoms with Gasteiger partial charge >= 0.3 is 0 Å². The summed E-state index contributed by atoms with van der Waals surface area (Å²) in [6.07, 6.45) is 2.50. The van der Waals surface area contributed by atoms with Crippen molar-refractivity contribution in [3.8, 4) is 17.1 Å². The Labute approximate surface area is 117 Å². The van der Waals surface area contributed by atoms with Gasteiger partial charge in [-0.1, -0.05) is 25.1 Å².